The van der Waals surface area contributed by atoms with Crippen LogP contribution >= 0.6 is 0 Å². The van der Waals surface area contributed by atoms with Gasteiger partial charge in [0.15, 0.2) is 0 Å². The average Bonchev–Trinajstić information content (AvgIpc) is 2.72. The number of primary amides is 1. The van der Waals surface area contributed by atoms with E-state index in [0.29, 0.717) is 35.5 Å². The molecule has 2 heterocycles. The third-order valence-electron chi connectivity index (χ3n) is 5.21. The van der Waals surface area contributed by atoms with Gasteiger partial charge >= 0.3 is 0 Å². The molecule has 1 saturated heterocycles. The first kappa shape index (κ1) is 22.8. The minimum atomic E-state index is -1.32. The lowest BCUT2D eigenvalue weighted by molar-refractivity contribution is -0.140. The number of fused-ring (bicyclic) bond motifs is 1. The fourth-order valence-electron chi connectivity index (χ4n) is 3.62. The van der Waals surface area contributed by atoms with Gasteiger partial charge in [-0.3, -0.25) is 14.6 Å². The highest BCUT2D eigenvalue weighted by Gasteiger charge is 2.35. The molecule has 9 heteroatoms. The lowest BCUT2D eigenvalue weighted by Crippen LogP contribution is -2.58. The number of piperidine rings is 1. The number of aromatic nitrogens is 1. The number of ether oxygens (including phenoxy) is 2. The van der Waals surface area contributed by atoms with Crippen molar-refractivity contribution in [3.05, 3.63) is 30.0 Å². The number of rotatable bonds is 7. The number of benzene rings is 1. The zero-order valence-corrected chi connectivity index (χ0v) is 18.1. The summed E-state index contributed by atoms with van der Waals surface area (Å²) in [5.41, 5.74) is 10.9. The zero-order chi connectivity index (χ0) is 22.8. The summed E-state index contributed by atoms with van der Waals surface area (Å²) in [4.78, 5) is 30.5. The quantitative estimate of drug-likeness (QED) is 0.599. The Hall–Kier alpha value is -2.91. The molecule has 168 valence electrons. The Morgan fingerprint density at radius 3 is 2.74 bits per heavy atom. The van der Waals surface area contributed by atoms with E-state index >= 15 is 0 Å². The fourth-order valence-corrected chi connectivity index (χ4v) is 3.62. The first-order chi connectivity index (χ1) is 14.6. The number of pyridine rings is 1. The van der Waals surface area contributed by atoms with Crippen LogP contribution in [0.1, 0.15) is 44.0 Å². The Labute approximate surface area is 181 Å². The second-order valence-electron chi connectivity index (χ2n) is 8.41. The number of amides is 2. The van der Waals surface area contributed by atoms with Gasteiger partial charge in [0.25, 0.3) is 5.91 Å². The normalized spacial score (nSPS) is 18.6. The Balaban J connectivity index is 1.89. The van der Waals surface area contributed by atoms with E-state index in [1.165, 1.54) is 6.92 Å². The Morgan fingerprint density at radius 2 is 2.10 bits per heavy atom. The summed E-state index contributed by atoms with van der Waals surface area (Å²) < 4.78 is 12.0. The maximum Gasteiger partial charge on any atom is 0.252 e. The highest BCUT2D eigenvalue weighted by molar-refractivity contribution is 6.01. The molecule has 2 aromatic rings. The van der Waals surface area contributed by atoms with Crippen molar-refractivity contribution in [2.24, 2.45) is 11.5 Å². The van der Waals surface area contributed by atoms with Gasteiger partial charge in [0, 0.05) is 18.1 Å². The second-order valence-corrected chi connectivity index (χ2v) is 8.41. The molecule has 1 aromatic heterocycles. The highest BCUT2D eigenvalue weighted by atomic mass is 16.5. The van der Waals surface area contributed by atoms with E-state index in [4.69, 9.17) is 20.9 Å². The third kappa shape index (κ3) is 5.05. The van der Waals surface area contributed by atoms with Crippen molar-refractivity contribution in [2.45, 2.75) is 51.4 Å². The van der Waals surface area contributed by atoms with E-state index in [1.807, 2.05) is 13.8 Å². The number of nitrogens with zero attached hydrogens (tertiary/aromatic N) is 2. The maximum atomic E-state index is 12.6. The van der Waals surface area contributed by atoms with Gasteiger partial charge in [-0.05, 0) is 51.8 Å². The summed E-state index contributed by atoms with van der Waals surface area (Å²) in [5, 5.41) is 10.1. The van der Waals surface area contributed by atoms with Gasteiger partial charge in [-0.1, -0.05) is 0 Å². The molecule has 31 heavy (non-hydrogen) atoms. The van der Waals surface area contributed by atoms with E-state index in [-0.39, 0.29) is 23.7 Å². The lowest BCUT2D eigenvalue weighted by Gasteiger charge is -2.36. The van der Waals surface area contributed by atoms with Crippen LogP contribution in [0.5, 0.6) is 11.5 Å². The van der Waals surface area contributed by atoms with E-state index < -0.39 is 18.1 Å². The van der Waals surface area contributed by atoms with E-state index in [2.05, 4.69) is 4.98 Å². The summed E-state index contributed by atoms with van der Waals surface area (Å²) >= 11 is 0. The van der Waals surface area contributed by atoms with Gasteiger partial charge in [-0.2, -0.15) is 0 Å². The molecule has 0 spiro atoms. The van der Waals surface area contributed by atoms with Crippen molar-refractivity contribution in [1.82, 2.24) is 9.88 Å². The first-order valence-corrected chi connectivity index (χ1v) is 10.4. The SMILES string of the molecule is CC(C)Oc1cc2c(O[C@@H]3CCCN(C(=O)[C@@](C)(N)CO)C3)ccnc2cc1C(N)=O. The van der Waals surface area contributed by atoms with Crippen molar-refractivity contribution in [3.63, 3.8) is 0 Å². The molecule has 0 bridgehead atoms. The molecular formula is C22H30N4O5. The number of aliphatic hydroxyl groups is 1. The largest absolute Gasteiger partial charge is 0.490 e. The van der Waals surface area contributed by atoms with Gasteiger partial charge in [-0.25, -0.2) is 0 Å². The van der Waals surface area contributed by atoms with E-state index in [9.17, 15) is 14.7 Å². The van der Waals surface area contributed by atoms with E-state index in [0.717, 1.165) is 12.8 Å². The van der Waals surface area contributed by atoms with Crippen LogP contribution in [0.25, 0.3) is 10.9 Å². The Bertz CT molecular complexity index is 976. The van der Waals surface area contributed by atoms with Crippen LogP contribution in [-0.4, -0.2) is 64.2 Å². The molecule has 0 saturated carbocycles. The molecule has 3 rings (SSSR count). The number of hydrogen-bond acceptors (Lipinski definition) is 7. The van der Waals surface area contributed by atoms with Gasteiger partial charge < -0.3 is 30.9 Å². The summed E-state index contributed by atoms with van der Waals surface area (Å²) in [6.45, 7) is 5.75. The molecule has 0 radical (unpaired) electrons. The molecule has 1 aliphatic heterocycles. The summed E-state index contributed by atoms with van der Waals surface area (Å²) in [6, 6.07) is 5.05. The molecule has 9 nitrogen and oxygen atoms in total. The number of likely N-dealkylation sites (tertiary alicyclic amines) is 1. The van der Waals surface area contributed by atoms with Gasteiger partial charge in [0.05, 0.1) is 30.3 Å². The van der Waals surface area contributed by atoms with E-state index in [1.54, 1.807) is 29.3 Å². The van der Waals surface area contributed by atoms with Gasteiger partial charge in [-0.15, -0.1) is 0 Å². The zero-order valence-electron chi connectivity index (χ0n) is 18.1. The van der Waals surface area contributed by atoms with Crippen molar-refractivity contribution < 1.29 is 24.2 Å². The van der Waals surface area contributed by atoms with Gasteiger partial charge in [0.2, 0.25) is 5.91 Å². The summed E-state index contributed by atoms with van der Waals surface area (Å²) in [5.74, 6) is 0.0455. The lowest BCUT2D eigenvalue weighted by atomic mass is 10.00. The first-order valence-electron chi connectivity index (χ1n) is 10.4. The van der Waals surface area contributed by atoms with Crippen LogP contribution in [0.2, 0.25) is 0 Å². The molecular weight excluding hydrogens is 400 g/mol. The number of hydrogen-bond donors (Lipinski definition) is 3. The molecule has 1 aromatic carbocycles. The van der Waals surface area contributed by atoms with Crippen LogP contribution < -0.4 is 20.9 Å². The predicted molar refractivity (Wildman–Crippen MR) is 116 cm³/mol. The monoisotopic (exact) mass is 430 g/mol. The number of carbonyl (C=O) groups excluding carboxylic acids is 2. The van der Waals surface area contributed by atoms with Crippen LogP contribution in [0.3, 0.4) is 0 Å². The topological polar surface area (TPSA) is 141 Å². The second kappa shape index (κ2) is 9.07. The fraction of sp³-hybridized carbons (Fsp3) is 0.500. The molecule has 2 atom stereocenters. The number of aliphatic hydroxyl groups excluding tert-OH is 1. The molecule has 5 N–H and O–H groups in total. The minimum Gasteiger partial charge on any atom is -0.490 e. The van der Waals surface area contributed by atoms with Crippen LogP contribution in [0.4, 0.5) is 0 Å². The molecule has 1 fully saturated rings. The van der Waals surface area contributed by atoms with Crippen molar-refractivity contribution >= 4 is 22.7 Å². The number of nitrogens with two attached hydrogens (primary N) is 2. The molecule has 0 unspecified atom stereocenters. The Kier molecular flexibility index (Phi) is 6.66. The summed E-state index contributed by atoms with van der Waals surface area (Å²) in [7, 11) is 0. The van der Waals surface area contributed by atoms with Crippen molar-refractivity contribution in [2.75, 3.05) is 19.7 Å². The predicted octanol–water partition coefficient (Wildman–Crippen LogP) is 1.20. The van der Waals surface area contributed by atoms with Crippen LogP contribution in [0.15, 0.2) is 24.4 Å². The Morgan fingerprint density at radius 1 is 1.35 bits per heavy atom. The standard InChI is InChI=1S/C22H30N4O5/c1-13(2)30-19-10-15-17(9-16(19)20(23)28)25-7-6-18(15)31-14-5-4-8-26(11-14)21(29)22(3,24)12-27/h6-7,9-10,13-14,27H,4-5,8,11-12,24H2,1-3H3,(H2,23,28)/t14-,22+/m1/s1. The summed E-state index contributed by atoms with van der Waals surface area (Å²) in [6.07, 6.45) is 2.73. The number of carbonyl (C=O) groups is 2. The maximum absolute atomic E-state index is 12.6. The van der Waals surface area contributed by atoms with Gasteiger partial charge in [0.1, 0.15) is 23.1 Å². The van der Waals surface area contributed by atoms with Crippen molar-refractivity contribution in [1.29, 1.82) is 0 Å². The average molecular weight is 431 g/mol. The molecule has 2 amide bonds. The van der Waals surface area contributed by atoms with Crippen LogP contribution in [-0.2, 0) is 4.79 Å². The third-order valence-corrected chi connectivity index (χ3v) is 5.21. The molecule has 1 aliphatic rings. The minimum absolute atomic E-state index is 0.147. The molecule has 0 aliphatic carbocycles. The smallest absolute Gasteiger partial charge is 0.252 e. The highest BCUT2D eigenvalue weighted by Crippen LogP contribution is 2.33. The van der Waals surface area contributed by atoms with Crippen LogP contribution in [0, 0.1) is 0 Å². The van der Waals surface area contributed by atoms with Crippen molar-refractivity contribution in [3.8, 4) is 11.5 Å².